The highest BCUT2D eigenvalue weighted by atomic mass is 31.2. The van der Waals surface area contributed by atoms with E-state index >= 15 is 0 Å². The second-order valence-corrected chi connectivity index (χ2v) is 10.4. The fourth-order valence-corrected chi connectivity index (χ4v) is 5.27. The highest BCUT2D eigenvalue weighted by molar-refractivity contribution is 7.54. The van der Waals surface area contributed by atoms with Crippen LogP contribution in [0.25, 0.3) is 0 Å². The first kappa shape index (κ1) is 26.9. The molecule has 0 aliphatic carbocycles. The molecular weight excluding hydrogens is 373 g/mol. The molecule has 0 saturated heterocycles. The summed E-state index contributed by atoms with van der Waals surface area (Å²) in [5.74, 6) is -0.531. The van der Waals surface area contributed by atoms with Gasteiger partial charge in [0.15, 0.2) is 5.78 Å². The minimum absolute atomic E-state index is 0.325. The standard InChI is InChI=1S/C16H34NO4P.C6H6/c1-10-13-19-17(16(7,8)9)14(15(4,5)6)22(18,20-11-2)21-12-3;1-2-4-6-5-3-1/h10,13-14H,11-12H2,1-9H3;1-6H/b13-10+;. The molecule has 1 rings (SSSR count). The zero-order valence-corrected chi connectivity index (χ0v) is 20.0. The van der Waals surface area contributed by atoms with E-state index in [2.05, 4.69) is 0 Å². The van der Waals surface area contributed by atoms with Gasteiger partial charge in [-0.05, 0) is 47.0 Å². The number of nitrogens with zero attached hydrogens (tertiary/aromatic N) is 1. The molecule has 0 N–H and O–H groups in total. The van der Waals surface area contributed by atoms with Crippen LogP contribution < -0.4 is 0 Å². The fraction of sp³-hybridized carbons (Fsp3) is 0.636. The largest absolute Gasteiger partial charge is 0.413 e. The number of hydrogen-bond acceptors (Lipinski definition) is 5. The van der Waals surface area contributed by atoms with Crippen molar-refractivity contribution in [2.45, 2.75) is 73.6 Å². The predicted octanol–water partition coefficient (Wildman–Crippen LogP) is 6.88. The third kappa shape index (κ3) is 9.38. The van der Waals surface area contributed by atoms with E-state index in [4.69, 9.17) is 13.9 Å². The van der Waals surface area contributed by atoms with Gasteiger partial charge in [0.2, 0.25) is 0 Å². The molecular formula is C22H40NO4P. The molecule has 1 atom stereocenters. The lowest BCUT2D eigenvalue weighted by Crippen LogP contribution is -2.52. The molecule has 0 bridgehead atoms. The molecule has 162 valence electrons. The van der Waals surface area contributed by atoms with Gasteiger partial charge >= 0.3 is 7.60 Å². The van der Waals surface area contributed by atoms with Crippen molar-refractivity contribution in [2.75, 3.05) is 13.2 Å². The highest BCUT2D eigenvalue weighted by Gasteiger charge is 2.51. The van der Waals surface area contributed by atoms with Gasteiger partial charge in [-0.25, -0.2) is 0 Å². The van der Waals surface area contributed by atoms with E-state index in [1.54, 1.807) is 17.4 Å². The Hall–Kier alpha value is -1.13. The second-order valence-electron chi connectivity index (χ2n) is 8.34. The SMILES string of the molecule is C/C=C/ON(C(C(C)(C)C)P(=O)(OCC)OCC)C(C)(C)C.c1ccccc1. The third-order valence-corrected chi connectivity index (χ3v) is 6.37. The summed E-state index contributed by atoms with van der Waals surface area (Å²) in [5.41, 5.74) is -0.740. The van der Waals surface area contributed by atoms with Gasteiger partial charge in [0.25, 0.3) is 0 Å². The van der Waals surface area contributed by atoms with Crippen molar-refractivity contribution in [3.05, 3.63) is 48.7 Å². The molecule has 0 radical (unpaired) electrons. The maximum absolute atomic E-state index is 13.4. The Morgan fingerprint density at radius 3 is 1.54 bits per heavy atom. The van der Waals surface area contributed by atoms with Gasteiger partial charge in [0.05, 0.1) is 13.2 Å². The Morgan fingerprint density at radius 1 is 0.893 bits per heavy atom. The molecule has 1 unspecified atom stereocenters. The average Bonchev–Trinajstić information content (AvgIpc) is 2.58. The van der Waals surface area contributed by atoms with Gasteiger partial charge in [-0.15, -0.1) is 5.06 Å². The predicted molar refractivity (Wildman–Crippen MR) is 118 cm³/mol. The van der Waals surface area contributed by atoms with E-state index in [-0.39, 0.29) is 11.0 Å². The zero-order chi connectivity index (χ0) is 21.8. The van der Waals surface area contributed by atoms with Gasteiger partial charge in [-0.2, -0.15) is 0 Å². The lowest BCUT2D eigenvalue weighted by molar-refractivity contribution is -0.197. The molecule has 28 heavy (non-hydrogen) atoms. The maximum atomic E-state index is 13.4. The topological polar surface area (TPSA) is 48.0 Å². The van der Waals surface area contributed by atoms with Crippen LogP contribution in [0, 0.1) is 5.41 Å². The van der Waals surface area contributed by atoms with E-state index in [1.165, 1.54) is 0 Å². The first-order valence-corrected chi connectivity index (χ1v) is 11.5. The summed E-state index contributed by atoms with van der Waals surface area (Å²) in [6.07, 6.45) is 3.39. The molecule has 1 aromatic rings. The number of benzene rings is 1. The van der Waals surface area contributed by atoms with Crippen LogP contribution in [-0.4, -0.2) is 29.6 Å². The zero-order valence-electron chi connectivity index (χ0n) is 19.1. The summed E-state index contributed by atoms with van der Waals surface area (Å²) >= 11 is 0. The summed E-state index contributed by atoms with van der Waals surface area (Å²) < 4.78 is 24.6. The van der Waals surface area contributed by atoms with Crippen LogP contribution in [0.2, 0.25) is 0 Å². The highest BCUT2D eigenvalue weighted by Crippen LogP contribution is 2.60. The van der Waals surface area contributed by atoms with E-state index < -0.39 is 13.4 Å². The summed E-state index contributed by atoms with van der Waals surface area (Å²) in [5, 5.41) is 1.74. The van der Waals surface area contributed by atoms with Gasteiger partial charge in [-0.1, -0.05) is 63.2 Å². The number of allylic oxidation sites excluding steroid dienone is 1. The van der Waals surface area contributed by atoms with Crippen LogP contribution in [-0.2, 0) is 18.5 Å². The quantitative estimate of drug-likeness (QED) is 0.264. The first-order chi connectivity index (χ1) is 12.9. The van der Waals surface area contributed by atoms with E-state index in [0.29, 0.717) is 13.2 Å². The van der Waals surface area contributed by atoms with E-state index in [0.717, 1.165) is 0 Å². The van der Waals surface area contributed by atoms with Crippen LogP contribution in [0.4, 0.5) is 0 Å². The normalized spacial score (nSPS) is 13.9. The molecule has 1 aromatic carbocycles. The second kappa shape index (κ2) is 12.4. The van der Waals surface area contributed by atoms with Crippen molar-refractivity contribution < 1.29 is 18.5 Å². The van der Waals surface area contributed by atoms with E-state index in [1.807, 2.05) is 98.7 Å². The Morgan fingerprint density at radius 2 is 1.29 bits per heavy atom. The smallest absolute Gasteiger partial charge is 0.351 e. The molecule has 5 nitrogen and oxygen atoms in total. The van der Waals surface area contributed by atoms with Gasteiger partial charge in [0, 0.05) is 5.54 Å². The molecule has 0 spiro atoms. The minimum atomic E-state index is -3.38. The van der Waals surface area contributed by atoms with Crippen molar-refractivity contribution in [3.8, 4) is 0 Å². The van der Waals surface area contributed by atoms with Crippen LogP contribution in [0.5, 0.6) is 0 Å². The van der Waals surface area contributed by atoms with E-state index in [9.17, 15) is 4.57 Å². The molecule has 0 aromatic heterocycles. The monoisotopic (exact) mass is 413 g/mol. The molecule has 0 fully saturated rings. The Balaban J connectivity index is 0.00000102. The van der Waals surface area contributed by atoms with Crippen molar-refractivity contribution >= 4 is 7.60 Å². The maximum Gasteiger partial charge on any atom is 0.351 e. The minimum Gasteiger partial charge on any atom is -0.413 e. The van der Waals surface area contributed by atoms with Crippen LogP contribution >= 0.6 is 7.60 Å². The molecule has 6 heteroatoms. The van der Waals surface area contributed by atoms with Crippen molar-refractivity contribution in [3.63, 3.8) is 0 Å². The van der Waals surface area contributed by atoms with Gasteiger partial charge in [0.1, 0.15) is 6.26 Å². The third-order valence-electron chi connectivity index (χ3n) is 3.55. The summed E-state index contributed by atoms with van der Waals surface area (Å²) in [7, 11) is -3.38. The molecule has 0 amide bonds. The van der Waals surface area contributed by atoms with Gasteiger partial charge in [-0.3, -0.25) is 4.57 Å². The Labute approximate surface area is 172 Å². The summed E-state index contributed by atoms with van der Waals surface area (Å²) in [4.78, 5) is 5.80. The number of rotatable bonds is 8. The Kier molecular flexibility index (Phi) is 11.9. The molecule has 0 aliphatic heterocycles. The van der Waals surface area contributed by atoms with Crippen molar-refractivity contribution in [2.24, 2.45) is 5.41 Å². The summed E-state index contributed by atoms with van der Waals surface area (Å²) in [6.45, 7) is 18.2. The van der Waals surface area contributed by atoms with Crippen LogP contribution in [0.15, 0.2) is 48.7 Å². The Bertz CT molecular complexity index is 554. The van der Waals surface area contributed by atoms with Crippen LogP contribution in [0.3, 0.4) is 0 Å². The fourth-order valence-electron chi connectivity index (χ4n) is 2.59. The molecule has 0 heterocycles. The number of hydroxylamine groups is 2. The lowest BCUT2D eigenvalue weighted by atomic mass is 9.94. The summed E-state index contributed by atoms with van der Waals surface area (Å²) in [6, 6.07) is 12.0. The first-order valence-electron chi connectivity index (χ1n) is 9.90. The molecule has 0 aliphatic rings. The number of hydrogen-bond donors (Lipinski definition) is 0. The van der Waals surface area contributed by atoms with Gasteiger partial charge < -0.3 is 13.9 Å². The lowest BCUT2D eigenvalue weighted by Gasteiger charge is -2.46. The van der Waals surface area contributed by atoms with Crippen LogP contribution in [0.1, 0.15) is 62.3 Å². The van der Waals surface area contributed by atoms with Crippen molar-refractivity contribution in [1.82, 2.24) is 5.06 Å². The van der Waals surface area contributed by atoms with Crippen molar-refractivity contribution in [1.29, 1.82) is 0 Å². The molecule has 0 saturated carbocycles. The average molecular weight is 414 g/mol.